The smallest absolute Gasteiger partial charge is 0.195 e. The second-order valence-electron chi connectivity index (χ2n) is 8.39. The maximum atomic E-state index is 13.6. The lowest BCUT2D eigenvalue weighted by Gasteiger charge is -2.38. The molecule has 0 spiro atoms. The lowest BCUT2D eigenvalue weighted by Crippen LogP contribution is -2.42. The Kier molecular flexibility index (Phi) is 6.80. The largest absolute Gasteiger partial charge is 0.381 e. The molecule has 1 aliphatic heterocycles. The molecule has 6 heteroatoms. The van der Waals surface area contributed by atoms with Crippen LogP contribution in [0.15, 0.2) is 24.4 Å². The molecule has 3 heterocycles. The van der Waals surface area contributed by atoms with E-state index in [9.17, 15) is 4.39 Å². The van der Waals surface area contributed by atoms with Gasteiger partial charge in [0.25, 0.3) is 0 Å². The molecule has 1 atom stereocenters. The number of hydrogen-bond donors (Lipinski definition) is 0. The highest BCUT2D eigenvalue weighted by Gasteiger charge is 2.43. The fourth-order valence-corrected chi connectivity index (χ4v) is 5.12. The van der Waals surface area contributed by atoms with E-state index < -0.39 is 0 Å². The van der Waals surface area contributed by atoms with Gasteiger partial charge in [-0.1, -0.05) is 17.7 Å². The zero-order valence-corrected chi connectivity index (χ0v) is 18.8. The number of halogens is 2. The van der Waals surface area contributed by atoms with Gasteiger partial charge in [-0.3, -0.25) is 9.88 Å². The van der Waals surface area contributed by atoms with Crippen molar-refractivity contribution in [3.8, 4) is 0 Å². The summed E-state index contributed by atoms with van der Waals surface area (Å²) in [5.41, 5.74) is 2.26. The minimum atomic E-state index is -0.281. The van der Waals surface area contributed by atoms with Crippen LogP contribution in [0.3, 0.4) is 0 Å². The highest BCUT2D eigenvalue weighted by Crippen LogP contribution is 2.42. The zero-order chi connectivity index (χ0) is 20.4. The molecule has 0 saturated carbocycles. The average molecular weight is 425 g/mol. The Morgan fingerprint density at radius 2 is 2.18 bits per heavy atom. The fraction of sp³-hybridized carbons (Fsp3) is 0.591. The van der Waals surface area contributed by atoms with E-state index in [4.69, 9.17) is 16.3 Å². The van der Waals surface area contributed by atoms with Gasteiger partial charge in [-0.15, -0.1) is 11.3 Å². The summed E-state index contributed by atoms with van der Waals surface area (Å²) in [5.74, 6) is 0. The molecule has 0 amide bonds. The van der Waals surface area contributed by atoms with E-state index in [0.717, 1.165) is 60.9 Å². The first kappa shape index (κ1) is 21.7. The first-order valence-corrected chi connectivity index (χ1v) is 11.1. The Morgan fingerprint density at radius 1 is 1.39 bits per heavy atom. The van der Waals surface area contributed by atoms with E-state index in [0.29, 0.717) is 6.61 Å². The molecule has 1 fully saturated rings. The molecular formula is C22H30ClFN2OS. The molecule has 0 radical (unpaired) electrons. The van der Waals surface area contributed by atoms with E-state index in [-0.39, 0.29) is 21.1 Å². The van der Waals surface area contributed by atoms with Crippen LogP contribution in [0.5, 0.6) is 0 Å². The van der Waals surface area contributed by atoms with Gasteiger partial charge in [0.2, 0.25) is 0 Å². The van der Waals surface area contributed by atoms with Gasteiger partial charge in [-0.2, -0.15) is 4.39 Å². The van der Waals surface area contributed by atoms with Gasteiger partial charge >= 0.3 is 0 Å². The van der Waals surface area contributed by atoms with E-state index in [2.05, 4.69) is 35.9 Å². The van der Waals surface area contributed by atoms with Gasteiger partial charge in [0.05, 0.1) is 11.6 Å². The third-order valence-corrected chi connectivity index (χ3v) is 7.43. The number of aromatic nitrogens is 1. The number of ether oxygens (including phenoxy) is 1. The maximum Gasteiger partial charge on any atom is 0.195 e. The topological polar surface area (TPSA) is 25.4 Å². The van der Waals surface area contributed by atoms with Crippen molar-refractivity contribution in [1.82, 2.24) is 9.88 Å². The van der Waals surface area contributed by atoms with Crippen LogP contribution in [-0.2, 0) is 16.7 Å². The van der Waals surface area contributed by atoms with E-state index in [1.54, 1.807) is 6.07 Å². The van der Waals surface area contributed by atoms with Crippen molar-refractivity contribution < 1.29 is 9.13 Å². The number of likely N-dealkylation sites (tertiary alicyclic amines) is 1. The maximum absolute atomic E-state index is 13.6. The Labute approximate surface area is 176 Å². The second-order valence-corrected chi connectivity index (χ2v) is 9.88. The summed E-state index contributed by atoms with van der Waals surface area (Å²) in [6.07, 6.45) is 4.88. The summed E-state index contributed by atoms with van der Waals surface area (Å²) < 4.78 is 19.5. The molecule has 0 aromatic carbocycles. The molecule has 0 aliphatic carbocycles. The molecule has 3 rings (SSSR count). The highest BCUT2D eigenvalue weighted by atomic mass is 35.5. The average Bonchev–Trinajstić information content (AvgIpc) is 3.23. The lowest BCUT2D eigenvalue weighted by atomic mass is 9.82. The zero-order valence-electron chi connectivity index (χ0n) is 17.2. The van der Waals surface area contributed by atoms with Crippen LogP contribution in [-0.4, -0.2) is 36.2 Å². The highest BCUT2D eigenvalue weighted by molar-refractivity contribution is 7.10. The van der Waals surface area contributed by atoms with Gasteiger partial charge in [-0.25, -0.2) is 0 Å². The fourth-order valence-electron chi connectivity index (χ4n) is 4.04. The van der Waals surface area contributed by atoms with Crippen molar-refractivity contribution in [2.24, 2.45) is 5.41 Å². The summed E-state index contributed by atoms with van der Waals surface area (Å²) >= 11 is 7.07. The van der Waals surface area contributed by atoms with Gasteiger partial charge in [0.15, 0.2) is 5.13 Å². The molecule has 28 heavy (non-hydrogen) atoms. The van der Waals surface area contributed by atoms with Crippen LogP contribution in [0.1, 0.15) is 49.7 Å². The summed E-state index contributed by atoms with van der Waals surface area (Å²) in [7, 11) is 0. The number of nitrogens with zero attached hydrogens (tertiary/aromatic N) is 2. The minimum Gasteiger partial charge on any atom is -0.381 e. The van der Waals surface area contributed by atoms with Crippen LogP contribution in [0.25, 0.3) is 0 Å². The third kappa shape index (κ3) is 4.76. The molecule has 0 N–H and O–H groups in total. The summed E-state index contributed by atoms with van der Waals surface area (Å²) in [5, 5.41) is -0.0449. The molecule has 0 unspecified atom stereocenters. The quantitative estimate of drug-likeness (QED) is 0.532. The van der Waals surface area contributed by atoms with Crippen LogP contribution < -0.4 is 0 Å². The van der Waals surface area contributed by atoms with Crippen molar-refractivity contribution in [2.75, 3.05) is 26.3 Å². The second kappa shape index (κ2) is 8.78. The number of thiophene rings is 1. The molecule has 3 nitrogen and oxygen atoms in total. The van der Waals surface area contributed by atoms with Gasteiger partial charge in [-0.05, 0) is 71.2 Å². The first-order valence-electron chi connectivity index (χ1n) is 9.95. The summed E-state index contributed by atoms with van der Waals surface area (Å²) in [6, 6.07) is 6.03. The van der Waals surface area contributed by atoms with Gasteiger partial charge in [0, 0.05) is 40.9 Å². The van der Waals surface area contributed by atoms with Gasteiger partial charge < -0.3 is 4.74 Å². The van der Waals surface area contributed by atoms with Crippen molar-refractivity contribution >= 4 is 22.9 Å². The first-order chi connectivity index (χ1) is 13.3. The normalized spacial score (nSPS) is 20.8. The number of aryl methyl sites for hydroxylation is 2. The van der Waals surface area contributed by atoms with Crippen LogP contribution in [0.4, 0.5) is 4.39 Å². The van der Waals surface area contributed by atoms with E-state index in [1.807, 2.05) is 20.0 Å². The molecule has 1 saturated heterocycles. The lowest BCUT2D eigenvalue weighted by molar-refractivity contribution is 0.0386. The third-order valence-electron chi connectivity index (χ3n) is 6.06. The number of hydrogen-bond acceptors (Lipinski definition) is 4. The van der Waals surface area contributed by atoms with Gasteiger partial charge in [0.1, 0.15) is 0 Å². The van der Waals surface area contributed by atoms with Crippen molar-refractivity contribution in [1.29, 1.82) is 0 Å². The summed E-state index contributed by atoms with van der Waals surface area (Å²) in [6.45, 7) is 12.0. The molecule has 0 bridgehead atoms. The predicted molar refractivity (Wildman–Crippen MR) is 115 cm³/mol. The number of pyridine rings is 1. The van der Waals surface area contributed by atoms with Crippen molar-refractivity contribution in [3.63, 3.8) is 0 Å². The number of rotatable bonds is 8. The molecule has 2 aromatic heterocycles. The Morgan fingerprint density at radius 3 is 2.79 bits per heavy atom. The van der Waals surface area contributed by atoms with Crippen LogP contribution in [0, 0.1) is 17.5 Å². The Balaban J connectivity index is 1.74. The van der Waals surface area contributed by atoms with Crippen molar-refractivity contribution in [2.45, 2.75) is 52.5 Å². The molecule has 2 aromatic rings. The minimum absolute atomic E-state index is 0.0817. The van der Waals surface area contributed by atoms with Crippen LogP contribution >= 0.6 is 22.9 Å². The SMILES string of the molecule is CCOC[C@]1(CCc2cc(Cl)c(F)s2)CCN(C(C)(C)c2ccc(C)nc2)C1. The molecular weight excluding hydrogens is 395 g/mol. The standard InChI is InChI=1S/C22H30ClFN2OS/c1-5-27-15-22(9-8-18-12-19(23)20(24)28-18)10-11-26(14-22)21(3,4)17-7-6-16(2)25-13-17/h6-7,12-13H,5,8-11,14-15H2,1-4H3/t22-/m1/s1. The Hall–Kier alpha value is -1.01. The summed E-state index contributed by atoms with van der Waals surface area (Å²) in [4.78, 5) is 8.05. The Bertz CT molecular complexity index is 773. The van der Waals surface area contributed by atoms with Crippen LogP contribution in [0.2, 0.25) is 5.02 Å². The van der Waals surface area contributed by atoms with Crippen molar-refractivity contribution in [3.05, 3.63) is 50.7 Å². The monoisotopic (exact) mass is 424 g/mol. The van der Waals surface area contributed by atoms with E-state index in [1.165, 1.54) is 5.56 Å². The predicted octanol–water partition coefficient (Wildman–Crippen LogP) is 5.84. The molecule has 1 aliphatic rings. The van der Waals surface area contributed by atoms with E-state index >= 15 is 0 Å². The molecule has 154 valence electrons.